The second-order valence-electron chi connectivity index (χ2n) is 17.6. The minimum absolute atomic E-state index is 0. The summed E-state index contributed by atoms with van der Waals surface area (Å²) in [5, 5.41) is 7.77. The smallest absolute Gasteiger partial charge is 0 e. The summed E-state index contributed by atoms with van der Waals surface area (Å²) < 4.78 is 28.4. The number of aromatic nitrogens is 3. The average molecular weight is 1050 g/mol. The second-order valence-corrected chi connectivity index (χ2v) is 29.3. The molecule has 0 fully saturated rings. The molecule has 0 aliphatic rings. The third-order valence-electron chi connectivity index (χ3n) is 11.6. The van der Waals surface area contributed by atoms with Crippen LogP contribution >= 0.6 is 11.3 Å². The van der Waals surface area contributed by atoms with E-state index in [2.05, 4.69) is 177 Å². The number of pyridine rings is 1. The van der Waals surface area contributed by atoms with Gasteiger partial charge in [-0.15, -0.1) is 23.8 Å². The standard InChI is InChI=1S/C40H33N2S.C15H18GeN.Ir/c1-23(2)32-20-25(5)21-33(24(3)4)38(32)42-36-13-9-8-12-35(36)41-40(42)27-15-19-37-34(22-27)31-18-17-29-28-11-7-6-10-26(28)14-16-30(29)39(31)43-37;1-12-5-7-13(8-6-12)15-10-9-14(11-17-15)16(2,3)4;/h6-14,16-24H,1-5H3;5-7,9-11H,1-4H3;/q2*-1;/i;1D3;. The first-order chi connectivity index (χ1) is 30.1. The molecule has 0 aliphatic heterocycles. The van der Waals surface area contributed by atoms with E-state index in [1.165, 1.54) is 74.6 Å². The van der Waals surface area contributed by atoms with Crippen LogP contribution in [-0.2, 0) is 20.1 Å². The van der Waals surface area contributed by atoms with E-state index < -0.39 is 20.1 Å². The van der Waals surface area contributed by atoms with Gasteiger partial charge >= 0.3 is 110 Å². The van der Waals surface area contributed by atoms with Crippen molar-refractivity contribution in [3.05, 3.63) is 168 Å². The van der Waals surface area contributed by atoms with E-state index in [9.17, 15) is 0 Å². The zero-order chi connectivity index (χ0) is 44.4. The monoisotopic (exact) mass is 1060 g/mol. The summed E-state index contributed by atoms with van der Waals surface area (Å²) in [5.41, 5.74) is 10.4. The maximum absolute atomic E-state index is 7.35. The second kappa shape index (κ2) is 17.1. The molecular weight excluding hydrogens is 1000 g/mol. The van der Waals surface area contributed by atoms with Crippen LogP contribution in [0.1, 0.15) is 65.9 Å². The number of para-hydroxylation sites is 2. The topological polar surface area (TPSA) is 30.7 Å². The van der Waals surface area contributed by atoms with Crippen LogP contribution in [-0.4, -0.2) is 27.8 Å². The predicted molar refractivity (Wildman–Crippen MR) is 262 cm³/mol. The van der Waals surface area contributed by atoms with E-state index in [0.717, 1.165) is 33.7 Å². The van der Waals surface area contributed by atoms with Crippen molar-refractivity contribution in [3.8, 4) is 28.3 Å². The largest absolute Gasteiger partial charge is 0 e. The zero-order valence-electron chi connectivity index (χ0n) is 38.9. The van der Waals surface area contributed by atoms with Crippen molar-refractivity contribution >= 4 is 81.7 Å². The molecule has 3 nitrogen and oxygen atoms in total. The third-order valence-corrected chi connectivity index (χ3v) is 17.0. The van der Waals surface area contributed by atoms with Crippen LogP contribution in [0.2, 0.25) is 17.3 Å². The van der Waals surface area contributed by atoms with Gasteiger partial charge in [0.25, 0.3) is 0 Å². The van der Waals surface area contributed by atoms with E-state index in [-0.39, 0.29) is 20.1 Å². The Bertz CT molecular complexity index is 3240. The Balaban J connectivity index is 0.000000225. The molecule has 61 heavy (non-hydrogen) atoms. The van der Waals surface area contributed by atoms with E-state index in [1.54, 1.807) is 12.1 Å². The quantitative estimate of drug-likeness (QED) is 0.0944. The van der Waals surface area contributed by atoms with Crippen LogP contribution in [0.25, 0.3) is 81.1 Å². The summed E-state index contributed by atoms with van der Waals surface area (Å²) in [6.45, 7) is 9.32. The molecule has 7 aromatic carbocycles. The molecule has 0 amide bonds. The number of thiophene rings is 1. The van der Waals surface area contributed by atoms with Crippen LogP contribution in [0.15, 0.2) is 134 Å². The zero-order valence-corrected chi connectivity index (χ0v) is 41.2. The SMILES string of the molecule is Cc1cc(C(C)C)c(-n2c(-c3[c-]cc4sc5c(ccc6c7ccccc7ccc65)c4c3)nc3ccccc32)c(C(C)C)c1.[2H]C([2H])([2H])c1c[c-]c(-c2cc[c]([Ge]([CH3])([CH3])[CH3])cn2)cc1.[Ir]. The van der Waals surface area contributed by atoms with Crippen molar-refractivity contribution in [3.63, 3.8) is 0 Å². The molecule has 0 saturated heterocycles. The first kappa shape index (κ1) is 39.0. The Labute approximate surface area is 384 Å². The van der Waals surface area contributed by atoms with Gasteiger partial charge in [0.05, 0.1) is 16.9 Å². The van der Waals surface area contributed by atoms with E-state index >= 15 is 0 Å². The Hall–Kier alpha value is -4.91. The fourth-order valence-electron chi connectivity index (χ4n) is 8.38. The van der Waals surface area contributed by atoms with Crippen molar-refractivity contribution in [1.29, 1.82) is 0 Å². The Morgan fingerprint density at radius 1 is 0.672 bits per heavy atom. The van der Waals surface area contributed by atoms with Gasteiger partial charge in [0.15, 0.2) is 0 Å². The fourth-order valence-corrected chi connectivity index (χ4v) is 11.7. The molecule has 3 aromatic heterocycles. The van der Waals surface area contributed by atoms with E-state index in [4.69, 9.17) is 9.10 Å². The first-order valence-corrected chi connectivity index (χ1v) is 29.0. The molecular formula is C55H51GeIrN3S-2. The van der Waals surface area contributed by atoms with Gasteiger partial charge < -0.3 is 4.57 Å². The van der Waals surface area contributed by atoms with Gasteiger partial charge in [-0.25, -0.2) is 0 Å². The maximum atomic E-state index is 7.35. The van der Waals surface area contributed by atoms with Gasteiger partial charge in [-0.05, 0) is 73.7 Å². The van der Waals surface area contributed by atoms with Crippen molar-refractivity contribution < 1.29 is 24.2 Å². The molecule has 0 saturated carbocycles. The van der Waals surface area contributed by atoms with Crippen LogP contribution in [0.5, 0.6) is 0 Å². The summed E-state index contributed by atoms with van der Waals surface area (Å²) in [7, 11) is 0. The first-order valence-electron chi connectivity index (χ1n) is 22.4. The summed E-state index contributed by atoms with van der Waals surface area (Å²) in [5.74, 6) is 8.67. The number of hydrogen-bond donors (Lipinski definition) is 0. The fraction of sp³-hybridized carbons (Fsp3) is 0.200. The van der Waals surface area contributed by atoms with Crippen molar-refractivity contribution in [1.82, 2.24) is 14.5 Å². The Kier molecular flexibility index (Phi) is 10.9. The third kappa shape index (κ3) is 8.14. The molecule has 10 rings (SSSR count). The maximum Gasteiger partial charge on any atom is 0 e. The molecule has 10 aromatic rings. The van der Waals surface area contributed by atoms with Crippen molar-refractivity contribution in [2.75, 3.05) is 0 Å². The number of rotatable bonds is 6. The van der Waals surface area contributed by atoms with Gasteiger partial charge in [-0.3, -0.25) is 4.98 Å². The average Bonchev–Trinajstić information content (AvgIpc) is 3.84. The molecule has 3 heterocycles. The Morgan fingerprint density at radius 2 is 1.36 bits per heavy atom. The van der Waals surface area contributed by atoms with Crippen molar-refractivity contribution in [2.45, 2.75) is 70.6 Å². The van der Waals surface area contributed by atoms with Gasteiger partial charge in [0.1, 0.15) is 0 Å². The van der Waals surface area contributed by atoms with Crippen LogP contribution in [0.3, 0.4) is 0 Å². The summed E-state index contributed by atoms with van der Waals surface area (Å²) in [4.78, 5) is 9.76. The van der Waals surface area contributed by atoms with Crippen molar-refractivity contribution in [2.24, 2.45) is 0 Å². The normalized spacial score (nSPS) is 12.8. The predicted octanol–water partition coefficient (Wildman–Crippen LogP) is 15.1. The van der Waals surface area contributed by atoms with Gasteiger partial charge in [-0.1, -0.05) is 111 Å². The molecule has 0 N–H and O–H groups in total. The molecule has 0 bridgehead atoms. The molecule has 307 valence electrons. The summed E-state index contributed by atoms with van der Waals surface area (Å²) in [6, 6.07) is 51.3. The van der Waals surface area contributed by atoms with Gasteiger partial charge in [-0.2, -0.15) is 11.3 Å². The molecule has 6 heteroatoms. The van der Waals surface area contributed by atoms with Crippen LogP contribution < -0.4 is 4.40 Å². The van der Waals surface area contributed by atoms with Crippen LogP contribution in [0, 0.1) is 25.9 Å². The van der Waals surface area contributed by atoms with Gasteiger partial charge in [0, 0.05) is 30.5 Å². The number of fused-ring (bicyclic) bond motifs is 8. The van der Waals surface area contributed by atoms with Crippen LogP contribution in [0.4, 0.5) is 0 Å². The molecule has 0 atom stereocenters. The van der Waals surface area contributed by atoms with Gasteiger partial charge in [0.2, 0.25) is 0 Å². The number of hydrogen-bond acceptors (Lipinski definition) is 3. The minimum Gasteiger partial charge on any atom is 0 e. The molecule has 0 aliphatic carbocycles. The van der Waals surface area contributed by atoms with E-state index in [0.29, 0.717) is 17.4 Å². The Morgan fingerprint density at radius 3 is 2.05 bits per heavy atom. The number of benzene rings is 7. The van der Waals surface area contributed by atoms with E-state index in [1.807, 2.05) is 23.6 Å². The number of nitrogens with zero attached hydrogens (tertiary/aromatic N) is 3. The minimum atomic E-state index is -2.08. The summed E-state index contributed by atoms with van der Waals surface area (Å²) >= 11 is 0.0342. The number of imidazole rings is 1. The number of aryl methyl sites for hydroxylation is 2. The molecule has 1 radical (unpaired) electrons. The molecule has 0 spiro atoms. The molecule has 0 unspecified atom stereocenters. The summed E-state index contributed by atoms with van der Waals surface area (Å²) in [6.07, 6.45) is 1.95.